The van der Waals surface area contributed by atoms with Crippen molar-refractivity contribution in [3.8, 4) is 17.2 Å². The van der Waals surface area contributed by atoms with E-state index < -0.39 is 0 Å². The molecular weight excluding hydrogens is 344 g/mol. The van der Waals surface area contributed by atoms with Crippen molar-refractivity contribution in [2.45, 2.75) is 6.92 Å². The summed E-state index contributed by atoms with van der Waals surface area (Å²) >= 11 is 5.35. The van der Waals surface area contributed by atoms with Gasteiger partial charge in [0.05, 0.1) is 7.11 Å². The monoisotopic (exact) mass is 364 g/mol. The highest BCUT2D eigenvalue weighted by atomic mass is 32.1. The number of ether oxygens (including phenoxy) is 2. The second-order valence-electron chi connectivity index (χ2n) is 5.70. The fourth-order valence-electron chi connectivity index (χ4n) is 2.37. The number of hydrogen-bond acceptors (Lipinski definition) is 3. The molecule has 3 rings (SSSR count). The van der Waals surface area contributed by atoms with Gasteiger partial charge in [0.2, 0.25) is 0 Å². The standard InChI is InChI=1S/C21H20N2O2S/c1-15-5-3-4-6-20(15)25-19-13-9-17(10-14-19)23-21(26)22-16-7-11-18(24-2)12-8-16/h3-14H,1-2H3,(H2,22,23,26). The molecule has 0 spiro atoms. The molecule has 0 atom stereocenters. The number of rotatable bonds is 5. The fraction of sp³-hybridized carbons (Fsp3) is 0.0952. The molecule has 0 fully saturated rings. The molecule has 0 bridgehead atoms. The molecule has 0 aliphatic heterocycles. The van der Waals surface area contributed by atoms with Crippen molar-refractivity contribution >= 4 is 28.7 Å². The molecule has 3 aromatic carbocycles. The molecule has 4 nitrogen and oxygen atoms in total. The lowest BCUT2D eigenvalue weighted by molar-refractivity contribution is 0.415. The largest absolute Gasteiger partial charge is 0.497 e. The van der Waals surface area contributed by atoms with E-state index in [2.05, 4.69) is 10.6 Å². The number of benzene rings is 3. The number of aryl methyl sites for hydroxylation is 1. The van der Waals surface area contributed by atoms with Gasteiger partial charge < -0.3 is 20.1 Å². The first-order valence-electron chi connectivity index (χ1n) is 8.19. The van der Waals surface area contributed by atoms with Crippen molar-refractivity contribution in [3.63, 3.8) is 0 Å². The third kappa shape index (κ3) is 4.74. The minimum atomic E-state index is 0.516. The molecule has 26 heavy (non-hydrogen) atoms. The van der Waals surface area contributed by atoms with Crippen LogP contribution in [0.15, 0.2) is 72.8 Å². The molecule has 0 aliphatic carbocycles. The van der Waals surface area contributed by atoms with Gasteiger partial charge in [0.25, 0.3) is 0 Å². The molecular formula is C21H20N2O2S. The molecule has 0 heterocycles. The summed E-state index contributed by atoms with van der Waals surface area (Å²) in [6.07, 6.45) is 0. The van der Waals surface area contributed by atoms with E-state index in [9.17, 15) is 0 Å². The highest BCUT2D eigenvalue weighted by molar-refractivity contribution is 7.80. The first kappa shape index (κ1) is 17.8. The van der Waals surface area contributed by atoms with Crippen LogP contribution in [0.3, 0.4) is 0 Å². The highest BCUT2D eigenvalue weighted by Crippen LogP contribution is 2.25. The van der Waals surface area contributed by atoms with Gasteiger partial charge in [-0.2, -0.15) is 0 Å². The lowest BCUT2D eigenvalue weighted by Crippen LogP contribution is -2.18. The van der Waals surface area contributed by atoms with Gasteiger partial charge in [-0.25, -0.2) is 0 Å². The maximum atomic E-state index is 5.90. The van der Waals surface area contributed by atoms with E-state index in [0.717, 1.165) is 34.2 Å². The molecule has 0 saturated carbocycles. The Bertz CT molecular complexity index is 877. The van der Waals surface area contributed by atoms with Crippen molar-refractivity contribution < 1.29 is 9.47 Å². The lowest BCUT2D eigenvalue weighted by Gasteiger charge is -2.12. The average Bonchev–Trinajstić information content (AvgIpc) is 2.66. The number of anilines is 2. The number of hydrogen-bond donors (Lipinski definition) is 2. The van der Waals surface area contributed by atoms with Crippen LogP contribution in [0.4, 0.5) is 11.4 Å². The highest BCUT2D eigenvalue weighted by Gasteiger charge is 2.03. The average molecular weight is 364 g/mol. The van der Waals surface area contributed by atoms with E-state index in [0.29, 0.717) is 5.11 Å². The predicted molar refractivity (Wildman–Crippen MR) is 111 cm³/mol. The van der Waals surface area contributed by atoms with Gasteiger partial charge in [-0.3, -0.25) is 0 Å². The van der Waals surface area contributed by atoms with Gasteiger partial charge >= 0.3 is 0 Å². The maximum absolute atomic E-state index is 5.90. The summed E-state index contributed by atoms with van der Waals surface area (Å²) in [7, 11) is 1.64. The van der Waals surface area contributed by atoms with E-state index in [-0.39, 0.29) is 0 Å². The van der Waals surface area contributed by atoms with Crippen LogP contribution in [-0.4, -0.2) is 12.2 Å². The Morgan fingerprint density at radius 1 is 0.769 bits per heavy atom. The van der Waals surface area contributed by atoms with Gasteiger partial charge in [0.1, 0.15) is 17.2 Å². The maximum Gasteiger partial charge on any atom is 0.175 e. The zero-order valence-corrected chi connectivity index (χ0v) is 15.5. The number of thiocarbonyl (C=S) groups is 1. The Hall–Kier alpha value is -3.05. The van der Waals surface area contributed by atoms with Crippen molar-refractivity contribution in [2.24, 2.45) is 0 Å². The molecule has 0 radical (unpaired) electrons. The molecule has 0 saturated heterocycles. The smallest absolute Gasteiger partial charge is 0.175 e. The van der Waals surface area contributed by atoms with Crippen LogP contribution < -0.4 is 20.1 Å². The summed E-state index contributed by atoms with van der Waals surface area (Å²) < 4.78 is 11.0. The second kappa shape index (κ2) is 8.36. The van der Waals surface area contributed by atoms with Crippen LogP contribution in [-0.2, 0) is 0 Å². The van der Waals surface area contributed by atoms with Crippen molar-refractivity contribution in [2.75, 3.05) is 17.7 Å². The Balaban J connectivity index is 1.58. The van der Waals surface area contributed by atoms with Crippen LogP contribution >= 0.6 is 12.2 Å². The topological polar surface area (TPSA) is 42.5 Å². The molecule has 132 valence electrons. The predicted octanol–water partition coefficient (Wildman–Crippen LogP) is 5.60. The van der Waals surface area contributed by atoms with Crippen molar-refractivity contribution in [3.05, 3.63) is 78.4 Å². The number of methoxy groups -OCH3 is 1. The Kier molecular flexibility index (Phi) is 5.71. The van der Waals surface area contributed by atoms with Crippen LogP contribution in [0.25, 0.3) is 0 Å². The molecule has 0 unspecified atom stereocenters. The van der Waals surface area contributed by atoms with Gasteiger partial charge in [-0.15, -0.1) is 0 Å². The first-order chi connectivity index (χ1) is 12.6. The summed E-state index contributed by atoms with van der Waals surface area (Å²) in [5.41, 5.74) is 2.87. The van der Waals surface area contributed by atoms with Crippen molar-refractivity contribution in [1.29, 1.82) is 0 Å². The third-order valence-electron chi connectivity index (χ3n) is 3.78. The van der Waals surface area contributed by atoms with Crippen molar-refractivity contribution in [1.82, 2.24) is 0 Å². The fourth-order valence-corrected chi connectivity index (χ4v) is 2.61. The SMILES string of the molecule is COc1ccc(NC(=S)Nc2ccc(Oc3ccccc3C)cc2)cc1. The second-order valence-corrected chi connectivity index (χ2v) is 6.11. The summed E-state index contributed by atoms with van der Waals surface area (Å²) in [6.45, 7) is 2.02. The molecule has 3 aromatic rings. The van der Waals surface area contributed by atoms with Gasteiger partial charge in [-0.1, -0.05) is 18.2 Å². The summed E-state index contributed by atoms with van der Waals surface area (Å²) in [6, 6.07) is 23.2. The molecule has 0 aromatic heterocycles. The summed E-state index contributed by atoms with van der Waals surface area (Å²) in [5.74, 6) is 2.43. The summed E-state index contributed by atoms with van der Waals surface area (Å²) in [5, 5.41) is 6.81. The lowest BCUT2D eigenvalue weighted by atomic mass is 10.2. The van der Waals surface area contributed by atoms with E-state index >= 15 is 0 Å². The quantitative estimate of drug-likeness (QED) is 0.577. The van der Waals surface area contributed by atoms with Crippen LogP contribution in [0.1, 0.15) is 5.56 Å². The first-order valence-corrected chi connectivity index (χ1v) is 8.60. The van der Waals surface area contributed by atoms with Crippen LogP contribution in [0.2, 0.25) is 0 Å². The van der Waals surface area contributed by atoms with E-state index in [1.165, 1.54) is 0 Å². The normalized spacial score (nSPS) is 10.1. The van der Waals surface area contributed by atoms with E-state index in [1.807, 2.05) is 79.7 Å². The third-order valence-corrected chi connectivity index (χ3v) is 3.99. The molecule has 0 aliphatic rings. The van der Waals surface area contributed by atoms with E-state index in [1.54, 1.807) is 7.11 Å². The zero-order valence-electron chi connectivity index (χ0n) is 14.7. The molecule has 2 N–H and O–H groups in total. The van der Waals surface area contributed by atoms with Gasteiger partial charge in [0, 0.05) is 11.4 Å². The Labute approximate surface area is 158 Å². The van der Waals surface area contributed by atoms with Gasteiger partial charge in [-0.05, 0) is 79.3 Å². The number of nitrogens with one attached hydrogen (secondary N) is 2. The molecule has 5 heteroatoms. The van der Waals surface area contributed by atoms with Gasteiger partial charge in [0.15, 0.2) is 5.11 Å². The molecule has 0 amide bonds. The van der Waals surface area contributed by atoms with E-state index in [4.69, 9.17) is 21.7 Å². The van der Waals surface area contributed by atoms with Crippen LogP contribution in [0, 0.1) is 6.92 Å². The minimum absolute atomic E-state index is 0.516. The summed E-state index contributed by atoms with van der Waals surface area (Å²) in [4.78, 5) is 0. The Morgan fingerprint density at radius 3 is 1.85 bits per heavy atom. The number of para-hydroxylation sites is 1. The Morgan fingerprint density at radius 2 is 1.31 bits per heavy atom. The zero-order chi connectivity index (χ0) is 18.4. The van der Waals surface area contributed by atoms with Crippen LogP contribution in [0.5, 0.6) is 17.2 Å². The minimum Gasteiger partial charge on any atom is -0.497 e.